The standard InChI is InChI=1S/C44H80N2O8Si2/c1-7-49-55(50-8-2,51-9-3)37-29-25-21-17-13-15-19-23-27-35-47-41-31-33-45-43(39-41)44-40-42(32-34-46-44)48-36-28-24-20-16-14-18-22-26-30-38-56(52-10-4,53-11-5)54-12-6/h31-34,39-40H,7-30,35-38H2,1-6H3. The quantitative estimate of drug-likeness (QED) is 0.0479. The molecule has 0 amide bonds. The molecule has 0 saturated carbocycles. The highest BCUT2D eigenvalue weighted by molar-refractivity contribution is 6.61. The molecule has 0 saturated heterocycles. The van der Waals surface area contributed by atoms with Gasteiger partial charge in [0.25, 0.3) is 0 Å². The fraction of sp³-hybridized carbons (Fsp3) is 0.773. The molecule has 0 N–H and O–H groups in total. The van der Waals surface area contributed by atoms with E-state index in [-0.39, 0.29) is 0 Å². The molecule has 0 fully saturated rings. The van der Waals surface area contributed by atoms with E-state index in [1.165, 1.54) is 89.9 Å². The third-order valence-corrected chi connectivity index (χ3v) is 16.0. The SMILES string of the molecule is CCO[Si](CCCCCCCCCCCOc1ccnc(-c2cc(OCCCCCCCCCCC[Si](OCC)(OCC)OCC)ccn2)c1)(OCC)OCC. The summed E-state index contributed by atoms with van der Waals surface area (Å²) in [4.78, 5) is 9.11. The minimum absolute atomic E-state index is 0.650. The average molecular weight is 821 g/mol. The molecule has 322 valence electrons. The van der Waals surface area contributed by atoms with Crippen molar-refractivity contribution in [1.82, 2.24) is 9.97 Å². The Hall–Kier alpha value is -1.91. The van der Waals surface area contributed by atoms with Crippen molar-refractivity contribution in [2.75, 3.05) is 52.9 Å². The van der Waals surface area contributed by atoms with Crippen LogP contribution in [0, 0.1) is 0 Å². The summed E-state index contributed by atoms with van der Waals surface area (Å²) in [6.45, 7) is 17.5. The molecule has 0 aliphatic heterocycles. The van der Waals surface area contributed by atoms with Crippen LogP contribution in [0.3, 0.4) is 0 Å². The maximum absolute atomic E-state index is 6.09. The smallest absolute Gasteiger partial charge is 0.493 e. The lowest BCUT2D eigenvalue weighted by Crippen LogP contribution is -2.45. The lowest BCUT2D eigenvalue weighted by Gasteiger charge is -2.28. The van der Waals surface area contributed by atoms with Crippen LogP contribution in [0.2, 0.25) is 12.1 Å². The van der Waals surface area contributed by atoms with Gasteiger partial charge in [0.15, 0.2) is 0 Å². The Morgan fingerprint density at radius 3 is 0.929 bits per heavy atom. The predicted octanol–water partition coefficient (Wildman–Crippen LogP) is 12.0. The normalized spacial score (nSPS) is 12.0. The third-order valence-electron chi connectivity index (χ3n) is 9.70. The Morgan fingerprint density at radius 1 is 0.375 bits per heavy atom. The van der Waals surface area contributed by atoms with Crippen LogP contribution in [-0.4, -0.2) is 80.4 Å². The lowest BCUT2D eigenvalue weighted by molar-refractivity contribution is 0.0698. The molecule has 0 atom stereocenters. The van der Waals surface area contributed by atoms with E-state index in [1.54, 1.807) is 12.4 Å². The van der Waals surface area contributed by atoms with Gasteiger partial charge in [-0.15, -0.1) is 0 Å². The van der Waals surface area contributed by atoms with Gasteiger partial charge in [-0.25, -0.2) is 0 Å². The molecule has 2 aromatic rings. The molecule has 0 bridgehead atoms. The molecule has 0 unspecified atom stereocenters. The van der Waals surface area contributed by atoms with Crippen LogP contribution < -0.4 is 9.47 Å². The zero-order valence-corrected chi connectivity index (χ0v) is 38.4. The summed E-state index contributed by atoms with van der Waals surface area (Å²) in [7, 11) is -4.97. The predicted molar refractivity (Wildman–Crippen MR) is 232 cm³/mol. The summed E-state index contributed by atoms with van der Waals surface area (Å²) in [6.07, 6.45) is 25.5. The van der Waals surface area contributed by atoms with Crippen LogP contribution in [0.15, 0.2) is 36.7 Å². The van der Waals surface area contributed by atoms with Crippen LogP contribution >= 0.6 is 0 Å². The Bertz CT molecular complexity index is 1090. The van der Waals surface area contributed by atoms with Gasteiger partial charge in [0, 0.05) is 76.3 Å². The molecule has 56 heavy (non-hydrogen) atoms. The van der Waals surface area contributed by atoms with E-state index in [0.717, 1.165) is 60.7 Å². The third kappa shape index (κ3) is 22.3. The molecule has 2 aromatic heterocycles. The largest absolute Gasteiger partial charge is 0.500 e. The maximum Gasteiger partial charge on any atom is 0.500 e. The van der Waals surface area contributed by atoms with Gasteiger partial charge in [0.1, 0.15) is 11.5 Å². The topological polar surface area (TPSA) is 99.6 Å². The van der Waals surface area contributed by atoms with Gasteiger partial charge in [-0.1, -0.05) is 89.9 Å². The fourth-order valence-electron chi connectivity index (χ4n) is 7.03. The van der Waals surface area contributed by atoms with Crippen LogP contribution in [0.1, 0.15) is 157 Å². The number of aromatic nitrogens is 2. The van der Waals surface area contributed by atoms with Crippen LogP contribution in [-0.2, 0) is 26.6 Å². The highest BCUT2D eigenvalue weighted by Gasteiger charge is 2.40. The van der Waals surface area contributed by atoms with Crippen molar-refractivity contribution in [3.63, 3.8) is 0 Å². The summed E-state index contributed by atoms with van der Waals surface area (Å²) in [5.74, 6) is 1.67. The van der Waals surface area contributed by atoms with E-state index < -0.39 is 17.6 Å². The second-order valence-corrected chi connectivity index (χ2v) is 19.7. The molecular formula is C44H80N2O8Si2. The van der Waals surface area contributed by atoms with Crippen molar-refractivity contribution >= 4 is 17.6 Å². The maximum atomic E-state index is 6.09. The second-order valence-electron chi connectivity index (χ2n) is 14.3. The van der Waals surface area contributed by atoms with Crippen LogP contribution in [0.25, 0.3) is 11.4 Å². The number of rotatable bonds is 39. The summed E-state index contributed by atoms with van der Waals surface area (Å²) >= 11 is 0. The fourth-order valence-corrected chi connectivity index (χ4v) is 12.4. The first kappa shape index (κ1) is 50.2. The highest BCUT2D eigenvalue weighted by atomic mass is 28.4. The van der Waals surface area contributed by atoms with Crippen molar-refractivity contribution in [1.29, 1.82) is 0 Å². The number of hydrogen-bond donors (Lipinski definition) is 0. The van der Waals surface area contributed by atoms with Gasteiger partial charge in [0.05, 0.1) is 24.6 Å². The number of pyridine rings is 2. The van der Waals surface area contributed by atoms with Crippen molar-refractivity contribution in [2.24, 2.45) is 0 Å². The lowest BCUT2D eigenvalue weighted by atomic mass is 10.1. The average Bonchev–Trinajstić information content (AvgIpc) is 3.19. The van der Waals surface area contributed by atoms with Crippen LogP contribution in [0.5, 0.6) is 11.5 Å². The minimum Gasteiger partial charge on any atom is -0.493 e. The van der Waals surface area contributed by atoms with E-state index in [1.807, 2.05) is 65.8 Å². The Balaban J connectivity index is 1.53. The van der Waals surface area contributed by atoms with Gasteiger partial charge in [-0.3, -0.25) is 9.97 Å². The van der Waals surface area contributed by atoms with Crippen molar-refractivity contribution in [2.45, 2.75) is 169 Å². The van der Waals surface area contributed by atoms with Gasteiger partial charge < -0.3 is 36.0 Å². The second kappa shape index (κ2) is 33.0. The molecule has 0 radical (unpaired) electrons. The molecule has 2 heterocycles. The molecule has 10 nitrogen and oxygen atoms in total. The molecule has 2 rings (SSSR count). The Kier molecular flexibility index (Phi) is 29.6. The Morgan fingerprint density at radius 2 is 0.643 bits per heavy atom. The summed E-state index contributed by atoms with van der Waals surface area (Å²) in [5, 5.41) is 0. The van der Waals surface area contributed by atoms with Gasteiger partial charge >= 0.3 is 17.6 Å². The van der Waals surface area contributed by atoms with Crippen LogP contribution in [0.4, 0.5) is 0 Å². The van der Waals surface area contributed by atoms with E-state index >= 15 is 0 Å². The first-order valence-electron chi connectivity index (χ1n) is 22.5. The van der Waals surface area contributed by atoms with Gasteiger partial charge in [-0.2, -0.15) is 0 Å². The monoisotopic (exact) mass is 821 g/mol. The van der Waals surface area contributed by atoms with E-state index in [2.05, 4.69) is 9.97 Å². The number of hydrogen-bond acceptors (Lipinski definition) is 10. The molecule has 0 aliphatic rings. The zero-order chi connectivity index (χ0) is 40.4. The minimum atomic E-state index is -2.49. The van der Waals surface area contributed by atoms with E-state index in [0.29, 0.717) is 52.9 Å². The van der Waals surface area contributed by atoms with Gasteiger partial charge in [0.2, 0.25) is 0 Å². The summed E-state index contributed by atoms with van der Waals surface area (Å²) in [5.41, 5.74) is 1.60. The summed E-state index contributed by atoms with van der Waals surface area (Å²) in [6, 6.07) is 9.66. The summed E-state index contributed by atoms with van der Waals surface area (Å²) < 4.78 is 48.1. The van der Waals surface area contributed by atoms with Crippen molar-refractivity contribution in [3.05, 3.63) is 36.7 Å². The highest BCUT2D eigenvalue weighted by Crippen LogP contribution is 2.25. The molecule has 0 spiro atoms. The van der Waals surface area contributed by atoms with Gasteiger partial charge in [-0.05, 0) is 79.4 Å². The molecular weight excluding hydrogens is 741 g/mol. The molecule has 0 aliphatic carbocycles. The van der Waals surface area contributed by atoms with Crippen molar-refractivity contribution < 1.29 is 36.0 Å². The first-order chi connectivity index (χ1) is 27.5. The van der Waals surface area contributed by atoms with E-state index in [9.17, 15) is 0 Å². The number of unbranched alkanes of at least 4 members (excludes halogenated alkanes) is 16. The number of nitrogens with zero attached hydrogens (tertiary/aromatic N) is 2. The van der Waals surface area contributed by atoms with Crippen molar-refractivity contribution in [3.8, 4) is 22.9 Å². The zero-order valence-electron chi connectivity index (χ0n) is 36.4. The molecule has 12 heteroatoms. The molecule has 0 aromatic carbocycles. The van der Waals surface area contributed by atoms with E-state index in [4.69, 9.17) is 36.0 Å². The number of ether oxygens (including phenoxy) is 2. The Labute approximate surface area is 344 Å². The first-order valence-corrected chi connectivity index (χ1v) is 26.4.